The van der Waals surface area contributed by atoms with Crippen LogP contribution in [0.4, 0.5) is 0 Å². The Bertz CT molecular complexity index is 900. The van der Waals surface area contributed by atoms with Crippen LogP contribution in [0, 0.1) is 0 Å². The lowest BCUT2D eigenvalue weighted by Crippen LogP contribution is -2.26. The van der Waals surface area contributed by atoms with Gasteiger partial charge in [-0.25, -0.2) is 0 Å². The summed E-state index contributed by atoms with van der Waals surface area (Å²) < 4.78 is 5.35. The third-order valence-electron chi connectivity index (χ3n) is 4.80. The summed E-state index contributed by atoms with van der Waals surface area (Å²) in [6.45, 7) is 6.24. The summed E-state index contributed by atoms with van der Waals surface area (Å²) in [4.78, 5) is 5.56. The fourth-order valence-electron chi connectivity index (χ4n) is 3.23. The van der Waals surface area contributed by atoms with Gasteiger partial charge in [0.15, 0.2) is 0 Å². The minimum Gasteiger partial charge on any atom is -0.497 e. The molecule has 0 amide bonds. The van der Waals surface area contributed by atoms with E-state index in [0.29, 0.717) is 6.54 Å². The number of methoxy groups -OCH3 is 1. The third-order valence-corrected chi connectivity index (χ3v) is 4.80. The molecule has 5 nitrogen and oxygen atoms in total. The maximum Gasteiger partial charge on any atom is 0.119 e. The molecular formula is C22H27N3O2. The van der Waals surface area contributed by atoms with Crippen LogP contribution in [0.15, 0.2) is 55.2 Å². The second-order valence-electron chi connectivity index (χ2n) is 6.59. The number of aliphatic hydroxyl groups excluding tert-OH is 1. The zero-order valence-electron chi connectivity index (χ0n) is 16.0. The first kappa shape index (κ1) is 19.0. The fourth-order valence-corrected chi connectivity index (χ4v) is 3.23. The molecule has 0 aliphatic heterocycles. The van der Waals surface area contributed by atoms with Crippen LogP contribution in [0.2, 0.25) is 0 Å². The summed E-state index contributed by atoms with van der Waals surface area (Å²) in [5.74, 6) is 0.845. The summed E-state index contributed by atoms with van der Waals surface area (Å²) in [5, 5.41) is 13.7. The molecule has 2 aromatic carbocycles. The Morgan fingerprint density at radius 1 is 1.19 bits per heavy atom. The number of rotatable bonds is 9. The number of nitrogens with zero attached hydrogens (tertiary/aromatic N) is 1. The van der Waals surface area contributed by atoms with Gasteiger partial charge in [-0.1, -0.05) is 30.8 Å². The number of hydrogen-bond donors (Lipinski definition) is 3. The van der Waals surface area contributed by atoms with Crippen molar-refractivity contribution < 1.29 is 9.84 Å². The van der Waals surface area contributed by atoms with Crippen LogP contribution in [0.1, 0.15) is 16.7 Å². The van der Waals surface area contributed by atoms with Gasteiger partial charge < -0.3 is 20.1 Å². The topological polar surface area (TPSA) is 60.5 Å². The second-order valence-corrected chi connectivity index (χ2v) is 6.59. The van der Waals surface area contributed by atoms with E-state index in [0.717, 1.165) is 41.0 Å². The van der Waals surface area contributed by atoms with Gasteiger partial charge in [-0.15, -0.1) is 0 Å². The fraction of sp³-hybridized carbons (Fsp3) is 0.273. The molecule has 3 aromatic rings. The van der Waals surface area contributed by atoms with E-state index >= 15 is 0 Å². The third kappa shape index (κ3) is 4.51. The van der Waals surface area contributed by atoms with Crippen molar-refractivity contribution in [2.75, 3.05) is 27.3 Å². The van der Waals surface area contributed by atoms with E-state index in [1.165, 1.54) is 11.1 Å². The molecule has 0 atom stereocenters. The predicted molar refractivity (Wildman–Crippen MR) is 111 cm³/mol. The number of hydrogen-bond acceptors (Lipinski definition) is 4. The normalized spacial score (nSPS) is 11.1. The van der Waals surface area contributed by atoms with Gasteiger partial charge in [-0.2, -0.15) is 0 Å². The number of benzene rings is 2. The Balaban J connectivity index is 1.77. The highest BCUT2D eigenvalue weighted by molar-refractivity contribution is 5.84. The SMILES string of the molecule is C=C(NC)c1ccc(CN(CCO)Cc2c[nH]c3ccc(OC)cc23)cc1. The highest BCUT2D eigenvalue weighted by Crippen LogP contribution is 2.25. The lowest BCUT2D eigenvalue weighted by atomic mass is 10.1. The van der Waals surface area contributed by atoms with Crippen molar-refractivity contribution in [1.29, 1.82) is 0 Å². The molecule has 27 heavy (non-hydrogen) atoms. The molecule has 0 radical (unpaired) electrons. The number of aliphatic hydroxyl groups is 1. The molecule has 3 N–H and O–H groups in total. The van der Waals surface area contributed by atoms with Crippen molar-refractivity contribution in [2.45, 2.75) is 13.1 Å². The molecule has 0 aliphatic rings. The Morgan fingerprint density at radius 2 is 1.96 bits per heavy atom. The highest BCUT2D eigenvalue weighted by atomic mass is 16.5. The van der Waals surface area contributed by atoms with E-state index in [1.54, 1.807) is 7.11 Å². The number of nitrogens with one attached hydrogen (secondary N) is 2. The number of fused-ring (bicyclic) bond motifs is 1. The number of aromatic nitrogens is 1. The number of aromatic amines is 1. The molecule has 0 aliphatic carbocycles. The Hall–Kier alpha value is -2.76. The van der Waals surface area contributed by atoms with E-state index in [1.807, 2.05) is 25.4 Å². The molecule has 0 fully saturated rings. The van der Waals surface area contributed by atoms with E-state index in [2.05, 4.69) is 52.1 Å². The van der Waals surface area contributed by atoms with Gasteiger partial charge in [0.25, 0.3) is 0 Å². The summed E-state index contributed by atoms with van der Waals surface area (Å²) in [5.41, 5.74) is 5.47. The standard InChI is InChI=1S/C22H27N3O2/c1-16(23-2)18-6-4-17(5-7-18)14-25(10-11-26)15-19-13-24-22-9-8-20(27-3)12-21(19)22/h4-9,12-13,23-24,26H,1,10-11,14-15H2,2-3H3. The zero-order valence-corrected chi connectivity index (χ0v) is 16.0. The molecule has 3 rings (SSSR count). The maximum atomic E-state index is 9.50. The van der Waals surface area contributed by atoms with Crippen molar-refractivity contribution in [1.82, 2.24) is 15.2 Å². The van der Waals surface area contributed by atoms with Gasteiger partial charge in [0.05, 0.1) is 13.7 Å². The van der Waals surface area contributed by atoms with Gasteiger partial charge in [-0.05, 0) is 34.9 Å². The van der Waals surface area contributed by atoms with Crippen LogP contribution >= 0.6 is 0 Å². The van der Waals surface area contributed by atoms with Crippen LogP contribution in [-0.2, 0) is 13.1 Å². The Labute approximate surface area is 160 Å². The lowest BCUT2D eigenvalue weighted by Gasteiger charge is -2.21. The minimum atomic E-state index is 0.125. The first-order valence-corrected chi connectivity index (χ1v) is 9.07. The van der Waals surface area contributed by atoms with Crippen molar-refractivity contribution >= 4 is 16.6 Å². The molecule has 0 spiro atoms. The van der Waals surface area contributed by atoms with Crippen molar-refractivity contribution in [3.8, 4) is 5.75 Å². The van der Waals surface area contributed by atoms with E-state index in [4.69, 9.17) is 4.74 Å². The van der Waals surface area contributed by atoms with Gasteiger partial charge in [0, 0.05) is 49.5 Å². The largest absolute Gasteiger partial charge is 0.497 e. The lowest BCUT2D eigenvalue weighted by molar-refractivity contribution is 0.185. The molecule has 0 bridgehead atoms. The molecule has 0 unspecified atom stereocenters. The summed E-state index contributed by atoms with van der Waals surface area (Å²) in [6.07, 6.45) is 2.04. The van der Waals surface area contributed by atoms with Crippen LogP contribution in [-0.4, -0.2) is 42.3 Å². The second kappa shape index (κ2) is 8.75. The zero-order chi connectivity index (χ0) is 19.2. The molecule has 0 saturated carbocycles. The van der Waals surface area contributed by atoms with Crippen LogP contribution in [0.5, 0.6) is 5.75 Å². The average molecular weight is 365 g/mol. The molecule has 1 aromatic heterocycles. The van der Waals surface area contributed by atoms with Gasteiger partial charge >= 0.3 is 0 Å². The summed E-state index contributed by atoms with van der Waals surface area (Å²) in [6, 6.07) is 14.4. The molecule has 142 valence electrons. The molecule has 5 heteroatoms. The van der Waals surface area contributed by atoms with Gasteiger partial charge in [0.1, 0.15) is 5.75 Å². The summed E-state index contributed by atoms with van der Waals surface area (Å²) >= 11 is 0. The minimum absolute atomic E-state index is 0.125. The Kier molecular flexibility index (Phi) is 6.16. The quantitative estimate of drug-likeness (QED) is 0.544. The summed E-state index contributed by atoms with van der Waals surface area (Å²) in [7, 11) is 3.55. The van der Waals surface area contributed by atoms with Crippen LogP contribution < -0.4 is 10.1 Å². The molecular weight excluding hydrogens is 338 g/mol. The van der Waals surface area contributed by atoms with E-state index in [-0.39, 0.29) is 6.61 Å². The smallest absolute Gasteiger partial charge is 0.119 e. The van der Waals surface area contributed by atoms with Crippen molar-refractivity contribution in [3.63, 3.8) is 0 Å². The van der Waals surface area contributed by atoms with Gasteiger partial charge in [0.2, 0.25) is 0 Å². The highest BCUT2D eigenvalue weighted by Gasteiger charge is 2.11. The van der Waals surface area contributed by atoms with Crippen molar-refractivity contribution in [3.05, 3.63) is 71.9 Å². The number of ether oxygens (including phenoxy) is 1. The van der Waals surface area contributed by atoms with Crippen LogP contribution in [0.25, 0.3) is 16.6 Å². The predicted octanol–water partition coefficient (Wildman–Crippen LogP) is 3.36. The molecule has 0 saturated heterocycles. The van der Waals surface area contributed by atoms with Crippen LogP contribution in [0.3, 0.4) is 0 Å². The Morgan fingerprint density at radius 3 is 2.63 bits per heavy atom. The van der Waals surface area contributed by atoms with E-state index in [9.17, 15) is 5.11 Å². The first-order chi connectivity index (χ1) is 13.1. The average Bonchev–Trinajstić information content (AvgIpc) is 3.10. The van der Waals surface area contributed by atoms with E-state index < -0.39 is 0 Å². The molecule has 1 heterocycles. The number of H-pyrrole nitrogens is 1. The van der Waals surface area contributed by atoms with Crippen molar-refractivity contribution in [2.24, 2.45) is 0 Å². The van der Waals surface area contributed by atoms with Gasteiger partial charge in [-0.3, -0.25) is 4.90 Å². The first-order valence-electron chi connectivity index (χ1n) is 9.07. The maximum absolute atomic E-state index is 9.50. The monoisotopic (exact) mass is 365 g/mol.